The number of hydrogen-bond donors (Lipinski definition) is 0. The van der Waals surface area contributed by atoms with Gasteiger partial charge in [-0.3, -0.25) is 4.48 Å². The van der Waals surface area contributed by atoms with Gasteiger partial charge >= 0.3 is 11.0 Å². The van der Waals surface area contributed by atoms with E-state index in [1.165, 1.54) is 32.5 Å². The first-order chi connectivity index (χ1) is 11.4. The Hall–Kier alpha value is -0.860. The van der Waals surface area contributed by atoms with E-state index >= 15 is 0 Å². The first-order valence-electron chi connectivity index (χ1n) is 7.31. The standard InChI is InChI=1S/C10H22N.C2F6NO4S2/c1-5-9-11(7-3,8-4)10-6-2;3-1(4,5)14(10,11)9-15(12,13)2(6,7)8/h7H,3,5-6,8-10H2,1-2,4H3;/q+1;-1. The maximum atomic E-state index is 11.4. The topological polar surface area (TPSA) is 82.4 Å². The van der Waals surface area contributed by atoms with Crippen LogP contribution in [0.1, 0.15) is 33.6 Å². The molecule has 14 heteroatoms. The summed E-state index contributed by atoms with van der Waals surface area (Å²) in [4.78, 5) is 0. The number of quaternary nitrogens is 1. The highest BCUT2D eigenvalue weighted by molar-refractivity contribution is 8.13. The van der Waals surface area contributed by atoms with Gasteiger partial charge in [-0.15, -0.1) is 0 Å². The highest BCUT2D eigenvalue weighted by atomic mass is 32.3. The van der Waals surface area contributed by atoms with Crippen molar-refractivity contribution in [3.8, 4) is 0 Å². The maximum absolute atomic E-state index is 11.4. The molecule has 158 valence electrons. The highest BCUT2D eigenvalue weighted by Gasteiger charge is 2.46. The van der Waals surface area contributed by atoms with Gasteiger partial charge in [0.25, 0.3) is 0 Å². The van der Waals surface area contributed by atoms with Crippen molar-refractivity contribution in [1.82, 2.24) is 0 Å². The van der Waals surface area contributed by atoms with Crippen LogP contribution in [-0.2, 0) is 20.0 Å². The molecule has 0 atom stereocenters. The molecular formula is C12H22F6N2O4S2. The predicted octanol–water partition coefficient (Wildman–Crippen LogP) is 3.85. The second-order valence-electron chi connectivity index (χ2n) is 5.08. The molecule has 0 aromatic rings. The van der Waals surface area contributed by atoms with E-state index in [-0.39, 0.29) is 0 Å². The maximum Gasteiger partial charge on any atom is 0.480 e. The van der Waals surface area contributed by atoms with Crippen LogP contribution in [0.25, 0.3) is 4.13 Å². The Balaban J connectivity index is 0. The Bertz CT molecular complexity index is 594. The zero-order valence-corrected chi connectivity index (χ0v) is 16.1. The normalized spacial score (nSPS) is 13.7. The third kappa shape index (κ3) is 8.22. The van der Waals surface area contributed by atoms with E-state index in [2.05, 4.69) is 33.6 Å². The Labute approximate surface area is 149 Å². The van der Waals surface area contributed by atoms with E-state index in [1.54, 1.807) is 0 Å². The minimum Gasteiger partial charge on any atom is -0.421 e. The first-order valence-corrected chi connectivity index (χ1v) is 10.2. The summed E-state index contributed by atoms with van der Waals surface area (Å²) >= 11 is 0. The van der Waals surface area contributed by atoms with Gasteiger partial charge in [0.05, 0.1) is 25.8 Å². The van der Waals surface area contributed by atoms with Gasteiger partial charge in [0, 0.05) is 0 Å². The third-order valence-corrected chi connectivity index (χ3v) is 5.88. The largest absolute Gasteiger partial charge is 0.480 e. The first kappa shape index (κ1) is 27.4. The molecule has 0 aromatic heterocycles. The zero-order valence-electron chi connectivity index (χ0n) is 14.4. The summed E-state index contributed by atoms with van der Waals surface area (Å²) in [5, 5.41) is 0. The molecule has 0 aromatic carbocycles. The minimum absolute atomic E-state index is 0.778. The Morgan fingerprint density at radius 2 is 1.15 bits per heavy atom. The van der Waals surface area contributed by atoms with Crippen LogP contribution < -0.4 is 0 Å². The average Bonchev–Trinajstić information content (AvgIpc) is 2.44. The summed E-state index contributed by atoms with van der Waals surface area (Å²) in [6.07, 6.45) is 4.60. The fraction of sp³-hybridized carbons (Fsp3) is 0.833. The zero-order chi connectivity index (χ0) is 21.4. The molecule has 0 unspecified atom stereocenters. The van der Waals surface area contributed by atoms with Gasteiger partial charge in [0.2, 0.25) is 0 Å². The second-order valence-corrected chi connectivity index (χ2v) is 8.50. The summed E-state index contributed by atoms with van der Waals surface area (Å²) in [6.45, 7) is 14.3. The summed E-state index contributed by atoms with van der Waals surface area (Å²) < 4.78 is 110. The molecule has 0 spiro atoms. The average molecular weight is 436 g/mol. The molecule has 6 nitrogen and oxygen atoms in total. The quantitative estimate of drug-likeness (QED) is 0.428. The van der Waals surface area contributed by atoms with Crippen LogP contribution in [0, 0.1) is 0 Å². The molecule has 0 aliphatic rings. The number of halogens is 6. The predicted molar refractivity (Wildman–Crippen MR) is 84.6 cm³/mol. The van der Waals surface area contributed by atoms with Crippen LogP contribution in [0.15, 0.2) is 12.8 Å². The van der Waals surface area contributed by atoms with E-state index in [4.69, 9.17) is 0 Å². The number of hydrogen-bond acceptors (Lipinski definition) is 4. The lowest BCUT2D eigenvalue weighted by Crippen LogP contribution is -2.43. The van der Waals surface area contributed by atoms with Crippen molar-refractivity contribution >= 4 is 20.0 Å². The van der Waals surface area contributed by atoms with Crippen LogP contribution in [-0.4, -0.2) is 52.0 Å². The van der Waals surface area contributed by atoms with Crippen molar-refractivity contribution in [2.45, 2.75) is 44.6 Å². The monoisotopic (exact) mass is 436 g/mol. The van der Waals surface area contributed by atoms with Crippen LogP contribution in [0.2, 0.25) is 0 Å². The fourth-order valence-corrected chi connectivity index (χ4v) is 3.55. The molecule has 0 amide bonds. The Kier molecular flexibility index (Phi) is 10.4. The van der Waals surface area contributed by atoms with Gasteiger partial charge in [-0.1, -0.05) is 13.8 Å². The Morgan fingerprint density at radius 3 is 1.31 bits per heavy atom. The van der Waals surface area contributed by atoms with Crippen molar-refractivity contribution in [3.63, 3.8) is 0 Å². The molecule has 0 saturated heterocycles. The second kappa shape index (κ2) is 9.90. The van der Waals surface area contributed by atoms with Gasteiger partial charge in [-0.05, 0) is 26.3 Å². The molecule has 0 rings (SSSR count). The smallest absolute Gasteiger partial charge is 0.421 e. The molecule has 0 bridgehead atoms. The van der Waals surface area contributed by atoms with Gasteiger partial charge in [0.1, 0.15) is 0 Å². The van der Waals surface area contributed by atoms with Crippen molar-refractivity contribution in [2.75, 3.05) is 19.6 Å². The van der Waals surface area contributed by atoms with E-state index in [0.29, 0.717) is 0 Å². The van der Waals surface area contributed by atoms with Crippen LogP contribution >= 0.6 is 0 Å². The lowest BCUT2D eigenvalue weighted by Gasteiger charge is -2.32. The van der Waals surface area contributed by atoms with Crippen molar-refractivity contribution in [2.24, 2.45) is 0 Å². The molecule has 0 aliphatic heterocycles. The number of rotatable bonds is 8. The van der Waals surface area contributed by atoms with Crippen molar-refractivity contribution < 1.29 is 47.7 Å². The molecule has 0 fully saturated rings. The molecule has 0 aliphatic carbocycles. The Morgan fingerprint density at radius 1 is 0.846 bits per heavy atom. The van der Waals surface area contributed by atoms with E-state index in [0.717, 1.165) is 8.61 Å². The van der Waals surface area contributed by atoms with Crippen molar-refractivity contribution in [3.05, 3.63) is 16.9 Å². The SMILES string of the molecule is C=C[N+](CC)(CCC)CCC.O=S(=O)([N-]S(=O)(=O)C(F)(F)F)C(F)(F)F. The number of alkyl halides is 6. The molecule has 0 N–H and O–H groups in total. The lowest BCUT2D eigenvalue weighted by molar-refractivity contribution is -0.877. The summed E-state index contributed by atoms with van der Waals surface area (Å²) in [5.41, 5.74) is -12.4. The third-order valence-electron chi connectivity index (χ3n) is 3.14. The van der Waals surface area contributed by atoms with Gasteiger partial charge < -0.3 is 4.13 Å². The van der Waals surface area contributed by atoms with Gasteiger partial charge in [-0.2, -0.15) is 26.3 Å². The lowest BCUT2D eigenvalue weighted by atomic mass is 10.3. The molecule has 0 heterocycles. The van der Waals surface area contributed by atoms with E-state index in [9.17, 15) is 43.2 Å². The van der Waals surface area contributed by atoms with Crippen LogP contribution in [0.4, 0.5) is 26.3 Å². The van der Waals surface area contributed by atoms with Crippen LogP contribution in [0.5, 0.6) is 0 Å². The van der Waals surface area contributed by atoms with Gasteiger partial charge in [0.15, 0.2) is 20.0 Å². The van der Waals surface area contributed by atoms with Gasteiger partial charge in [-0.25, -0.2) is 16.8 Å². The summed E-state index contributed by atoms with van der Waals surface area (Å²) in [5.74, 6) is 0. The van der Waals surface area contributed by atoms with E-state index < -0.39 is 31.1 Å². The van der Waals surface area contributed by atoms with E-state index in [1.807, 2.05) is 0 Å². The summed E-state index contributed by atoms with van der Waals surface area (Å²) in [7, 11) is -13.4. The fourth-order valence-electron chi connectivity index (χ4n) is 1.84. The molecular weight excluding hydrogens is 414 g/mol. The van der Waals surface area contributed by atoms with Crippen LogP contribution in [0.3, 0.4) is 0 Å². The highest BCUT2D eigenvalue weighted by Crippen LogP contribution is 2.36. The number of nitrogens with zero attached hydrogens (tertiary/aromatic N) is 2. The van der Waals surface area contributed by atoms with Crippen molar-refractivity contribution in [1.29, 1.82) is 0 Å². The molecule has 0 radical (unpaired) electrons. The summed E-state index contributed by atoms with van der Waals surface area (Å²) in [6, 6.07) is 0. The molecule has 0 saturated carbocycles. The molecule has 26 heavy (non-hydrogen) atoms. The minimum atomic E-state index is -6.72. The number of sulfonamides is 2.